The molecule has 0 saturated heterocycles. The molecule has 4 heteroatoms. The molecule has 98 valence electrons. The Labute approximate surface area is 104 Å². The fraction of sp³-hybridized carbons (Fsp3) is 0.769. The van der Waals surface area contributed by atoms with Gasteiger partial charge in [0.1, 0.15) is 11.8 Å². The molecule has 0 fully saturated rings. The predicted octanol–water partition coefficient (Wildman–Crippen LogP) is 3.48. The van der Waals surface area contributed by atoms with E-state index < -0.39 is 0 Å². The quantitative estimate of drug-likeness (QED) is 0.807. The molecule has 0 unspecified atom stereocenters. The third-order valence-electron chi connectivity index (χ3n) is 2.21. The Kier molecular flexibility index (Phi) is 4.07. The summed E-state index contributed by atoms with van der Waals surface area (Å²) in [4.78, 5) is 6.40. The molecule has 0 aromatic carbocycles. The van der Waals surface area contributed by atoms with E-state index in [4.69, 9.17) is 9.15 Å². The molecule has 0 aliphatic rings. The highest BCUT2D eigenvalue weighted by atomic mass is 16.6. The van der Waals surface area contributed by atoms with Crippen molar-refractivity contribution in [3.05, 3.63) is 6.20 Å². The predicted molar refractivity (Wildman–Crippen MR) is 69.6 cm³/mol. The second kappa shape index (κ2) is 4.98. The van der Waals surface area contributed by atoms with Crippen LogP contribution in [0.5, 0.6) is 5.95 Å². The molecule has 0 saturated carbocycles. The molecule has 0 bridgehead atoms. The van der Waals surface area contributed by atoms with Gasteiger partial charge in [0.05, 0.1) is 0 Å². The van der Waals surface area contributed by atoms with E-state index in [1.165, 1.54) is 0 Å². The van der Waals surface area contributed by atoms with Crippen molar-refractivity contribution in [3.8, 4) is 5.95 Å². The Morgan fingerprint density at radius 1 is 1.18 bits per heavy atom. The third kappa shape index (κ3) is 3.95. The largest absolute Gasteiger partial charge is 0.458 e. The van der Waals surface area contributed by atoms with E-state index >= 15 is 0 Å². The molecule has 0 aliphatic carbocycles. The minimum atomic E-state index is -0.267. The van der Waals surface area contributed by atoms with Crippen LogP contribution in [-0.2, 0) is 0 Å². The van der Waals surface area contributed by atoms with E-state index in [0.717, 1.165) is 0 Å². The fourth-order valence-corrected chi connectivity index (χ4v) is 1.76. The zero-order valence-corrected chi connectivity index (χ0v) is 11.9. The maximum Gasteiger partial charge on any atom is 0.307 e. The minimum Gasteiger partial charge on any atom is -0.458 e. The molecule has 1 rings (SSSR count). The molecule has 0 atom stereocenters. The van der Waals surface area contributed by atoms with E-state index in [2.05, 4.69) is 37.6 Å². The van der Waals surface area contributed by atoms with Gasteiger partial charge in [-0.3, -0.25) is 0 Å². The second-order valence-electron chi connectivity index (χ2n) is 5.77. The monoisotopic (exact) mass is 240 g/mol. The van der Waals surface area contributed by atoms with Gasteiger partial charge < -0.3 is 14.1 Å². The molecule has 1 heterocycles. The van der Waals surface area contributed by atoms with Crippen molar-refractivity contribution in [2.75, 3.05) is 4.90 Å². The summed E-state index contributed by atoms with van der Waals surface area (Å²) < 4.78 is 11.3. The Morgan fingerprint density at radius 3 is 2.12 bits per heavy atom. The summed E-state index contributed by atoms with van der Waals surface area (Å²) in [6.07, 6.45) is 1.64. The molecule has 0 amide bonds. The summed E-state index contributed by atoms with van der Waals surface area (Å²) in [6.45, 7) is 14.4. The van der Waals surface area contributed by atoms with Crippen LogP contribution in [0.1, 0.15) is 48.5 Å². The van der Waals surface area contributed by atoms with Crippen LogP contribution in [0.25, 0.3) is 0 Å². The van der Waals surface area contributed by atoms with Gasteiger partial charge in [-0.05, 0) is 48.5 Å². The van der Waals surface area contributed by atoms with Crippen molar-refractivity contribution in [3.63, 3.8) is 0 Å². The second-order valence-corrected chi connectivity index (χ2v) is 5.77. The van der Waals surface area contributed by atoms with Crippen molar-refractivity contribution in [1.82, 2.24) is 4.98 Å². The van der Waals surface area contributed by atoms with Gasteiger partial charge in [0.15, 0.2) is 0 Å². The van der Waals surface area contributed by atoms with E-state index in [1.807, 2.05) is 20.8 Å². The van der Waals surface area contributed by atoms with Crippen molar-refractivity contribution in [2.24, 2.45) is 0 Å². The number of ether oxygens (including phenoxy) is 1. The number of anilines is 1. The number of rotatable bonds is 4. The topological polar surface area (TPSA) is 38.5 Å². The molecular formula is C13H24N2O2. The normalized spacial score (nSPS) is 12.3. The summed E-state index contributed by atoms with van der Waals surface area (Å²) in [7, 11) is 0. The van der Waals surface area contributed by atoms with E-state index in [1.54, 1.807) is 6.20 Å². The van der Waals surface area contributed by atoms with Crippen molar-refractivity contribution >= 4 is 6.01 Å². The van der Waals surface area contributed by atoms with Crippen LogP contribution < -0.4 is 9.64 Å². The summed E-state index contributed by atoms with van der Waals surface area (Å²) in [5, 5.41) is 0. The summed E-state index contributed by atoms with van der Waals surface area (Å²) in [5.41, 5.74) is -0.267. The van der Waals surface area contributed by atoms with Crippen LogP contribution in [0, 0.1) is 0 Å². The van der Waals surface area contributed by atoms with Gasteiger partial charge in [-0.2, -0.15) is 4.98 Å². The average Bonchev–Trinajstić information content (AvgIpc) is 2.47. The minimum absolute atomic E-state index is 0.267. The first-order valence-electron chi connectivity index (χ1n) is 6.14. The van der Waals surface area contributed by atoms with Gasteiger partial charge in [-0.1, -0.05) is 0 Å². The van der Waals surface area contributed by atoms with Crippen molar-refractivity contribution in [2.45, 2.75) is 66.2 Å². The Balaban J connectivity index is 2.86. The average molecular weight is 240 g/mol. The smallest absolute Gasteiger partial charge is 0.307 e. The summed E-state index contributed by atoms with van der Waals surface area (Å²) in [6, 6.07) is 1.31. The summed E-state index contributed by atoms with van der Waals surface area (Å²) >= 11 is 0. The van der Waals surface area contributed by atoms with Crippen LogP contribution in [0.3, 0.4) is 0 Å². The van der Waals surface area contributed by atoms with Crippen molar-refractivity contribution < 1.29 is 9.15 Å². The zero-order chi connectivity index (χ0) is 13.2. The fourth-order valence-electron chi connectivity index (χ4n) is 1.76. The Bertz CT molecular complexity index is 343. The van der Waals surface area contributed by atoms with Crippen LogP contribution in [0.15, 0.2) is 10.6 Å². The van der Waals surface area contributed by atoms with E-state index in [9.17, 15) is 0 Å². The third-order valence-corrected chi connectivity index (χ3v) is 2.21. The number of hydrogen-bond acceptors (Lipinski definition) is 4. The van der Waals surface area contributed by atoms with Gasteiger partial charge >= 0.3 is 12.0 Å². The van der Waals surface area contributed by atoms with Gasteiger partial charge in [0, 0.05) is 12.1 Å². The molecule has 0 radical (unpaired) electrons. The maximum absolute atomic E-state index is 5.64. The number of hydrogen-bond donors (Lipinski definition) is 0. The van der Waals surface area contributed by atoms with Crippen LogP contribution in [0.2, 0.25) is 0 Å². The Hall–Kier alpha value is -1.19. The van der Waals surface area contributed by atoms with Gasteiger partial charge in [-0.25, -0.2) is 0 Å². The highest BCUT2D eigenvalue weighted by molar-refractivity contribution is 5.30. The van der Waals surface area contributed by atoms with Crippen molar-refractivity contribution in [1.29, 1.82) is 0 Å². The van der Waals surface area contributed by atoms with Gasteiger partial charge in [0.2, 0.25) is 0 Å². The van der Waals surface area contributed by atoms with Crippen LogP contribution >= 0.6 is 0 Å². The van der Waals surface area contributed by atoms with Gasteiger partial charge in [-0.15, -0.1) is 0 Å². The highest BCUT2D eigenvalue weighted by Crippen LogP contribution is 2.26. The molecule has 0 N–H and O–H groups in total. The molecule has 0 spiro atoms. The number of aromatic nitrogens is 1. The van der Waals surface area contributed by atoms with Gasteiger partial charge in [0.25, 0.3) is 0 Å². The first kappa shape index (κ1) is 13.9. The molecule has 1 aromatic heterocycles. The number of nitrogens with zero attached hydrogens (tertiary/aromatic N) is 2. The zero-order valence-electron chi connectivity index (χ0n) is 11.9. The Morgan fingerprint density at radius 2 is 1.71 bits per heavy atom. The lowest BCUT2D eigenvalue weighted by atomic mass is 10.2. The molecule has 4 nitrogen and oxygen atoms in total. The van der Waals surface area contributed by atoms with E-state index in [-0.39, 0.29) is 5.60 Å². The molecular weight excluding hydrogens is 216 g/mol. The lowest BCUT2D eigenvalue weighted by Gasteiger charge is -2.28. The molecule has 0 aliphatic heterocycles. The van der Waals surface area contributed by atoms with Crippen LogP contribution in [-0.4, -0.2) is 22.7 Å². The first-order valence-corrected chi connectivity index (χ1v) is 6.14. The highest BCUT2D eigenvalue weighted by Gasteiger charge is 2.21. The standard InChI is InChI=1S/C13H24N2O2/c1-9(2)15(10(3)4)12-14-8-11(16-12)17-13(5,6)7/h8-10H,1-7H3. The molecule has 1 aromatic rings. The first-order chi connectivity index (χ1) is 7.70. The lowest BCUT2D eigenvalue weighted by Crippen LogP contribution is -2.37. The molecule has 17 heavy (non-hydrogen) atoms. The van der Waals surface area contributed by atoms with Crippen LogP contribution in [0.4, 0.5) is 6.01 Å². The number of oxazole rings is 1. The van der Waals surface area contributed by atoms with E-state index in [0.29, 0.717) is 24.0 Å². The maximum atomic E-state index is 5.64. The SMILES string of the molecule is CC(C)N(c1ncc(OC(C)(C)C)o1)C(C)C. The summed E-state index contributed by atoms with van der Waals surface area (Å²) in [5.74, 6) is 0.471. The lowest BCUT2D eigenvalue weighted by molar-refractivity contribution is 0.0956.